The Kier molecular flexibility index (Phi) is 7.35. The monoisotopic (exact) mass is 730 g/mol. The molecule has 55 heavy (non-hydrogen) atoms. The van der Waals surface area contributed by atoms with Crippen LogP contribution in [0.25, 0.3) is 42.4 Å². The third-order valence-corrected chi connectivity index (χ3v) is 13.9. The van der Waals surface area contributed by atoms with Gasteiger partial charge in [0.05, 0.1) is 0 Å². The fourth-order valence-corrected chi connectivity index (χ4v) is 10.7. The lowest BCUT2D eigenvalue weighted by atomic mass is 9.81. The number of anilines is 5. The summed E-state index contributed by atoms with van der Waals surface area (Å²) in [7, 11) is 2.20. The highest BCUT2D eigenvalue weighted by molar-refractivity contribution is 7.25. The molecule has 0 unspecified atom stereocenters. The summed E-state index contributed by atoms with van der Waals surface area (Å²) >= 11 is 1.87. The molecule has 3 heteroatoms. The van der Waals surface area contributed by atoms with Crippen LogP contribution in [0.5, 0.6) is 0 Å². The van der Waals surface area contributed by atoms with Gasteiger partial charge in [-0.1, -0.05) is 106 Å². The molecule has 0 N–H and O–H groups in total. The SMILES string of the molecule is Cc1ccc(N(c2ccc3c(c2)C(C)(C)c2cc(C)ccc2-3)c2ccc3c(c2)C(C)(C)c2cc(N(C)c4ccc5sc6ccccc6c5c4)ccc2-3)c(C)c1. The minimum Gasteiger partial charge on any atom is -0.345 e. The van der Waals surface area contributed by atoms with E-state index in [-0.39, 0.29) is 10.8 Å². The number of fused-ring (bicyclic) bond motifs is 9. The Labute approximate surface area is 329 Å². The van der Waals surface area contributed by atoms with Crippen LogP contribution in [-0.4, -0.2) is 7.05 Å². The van der Waals surface area contributed by atoms with Crippen molar-refractivity contribution >= 4 is 59.9 Å². The number of benzene rings is 7. The predicted molar refractivity (Wildman–Crippen MR) is 238 cm³/mol. The van der Waals surface area contributed by atoms with E-state index >= 15 is 0 Å². The van der Waals surface area contributed by atoms with Gasteiger partial charge in [-0.2, -0.15) is 0 Å². The molecule has 270 valence electrons. The van der Waals surface area contributed by atoms with E-state index in [4.69, 9.17) is 0 Å². The minimum atomic E-state index is -0.182. The van der Waals surface area contributed by atoms with Crippen LogP contribution in [0.15, 0.2) is 133 Å². The van der Waals surface area contributed by atoms with Crippen LogP contribution in [0, 0.1) is 20.8 Å². The van der Waals surface area contributed by atoms with Crippen molar-refractivity contribution in [2.45, 2.75) is 59.3 Å². The van der Waals surface area contributed by atoms with Crippen LogP contribution >= 0.6 is 11.3 Å². The van der Waals surface area contributed by atoms with Gasteiger partial charge in [0.25, 0.3) is 0 Å². The van der Waals surface area contributed by atoms with Gasteiger partial charge in [-0.05, 0) is 138 Å². The molecule has 0 amide bonds. The summed E-state index contributed by atoms with van der Waals surface area (Å²) in [4.78, 5) is 4.83. The van der Waals surface area contributed by atoms with Crippen LogP contribution in [0.4, 0.5) is 28.4 Å². The lowest BCUT2D eigenvalue weighted by Crippen LogP contribution is -2.18. The zero-order valence-corrected chi connectivity index (χ0v) is 33.8. The first-order valence-electron chi connectivity index (χ1n) is 19.5. The molecule has 0 bridgehead atoms. The zero-order chi connectivity index (χ0) is 38.0. The Morgan fingerprint density at radius 3 is 1.55 bits per heavy atom. The Balaban J connectivity index is 1.06. The minimum absolute atomic E-state index is 0.0869. The summed E-state index contributed by atoms with van der Waals surface area (Å²) in [5.74, 6) is 0. The van der Waals surface area contributed by atoms with Crippen molar-refractivity contribution in [3.05, 3.63) is 172 Å². The van der Waals surface area contributed by atoms with Gasteiger partial charge in [-0.25, -0.2) is 0 Å². The first kappa shape index (κ1) is 33.9. The van der Waals surface area contributed by atoms with Crippen molar-refractivity contribution in [2.75, 3.05) is 16.8 Å². The van der Waals surface area contributed by atoms with Gasteiger partial charge in [-0.15, -0.1) is 11.3 Å². The molecule has 0 saturated carbocycles. The Hall–Kier alpha value is -5.64. The van der Waals surface area contributed by atoms with Crippen LogP contribution in [0.3, 0.4) is 0 Å². The van der Waals surface area contributed by atoms with Crippen molar-refractivity contribution < 1.29 is 0 Å². The normalized spacial score (nSPS) is 14.5. The Morgan fingerprint density at radius 1 is 0.436 bits per heavy atom. The average Bonchev–Trinajstić information content (AvgIpc) is 3.74. The second-order valence-electron chi connectivity index (χ2n) is 17.0. The molecule has 0 radical (unpaired) electrons. The first-order valence-corrected chi connectivity index (χ1v) is 20.3. The number of thiophene rings is 1. The average molecular weight is 731 g/mol. The van der Waals surface area contributed by atoms with E-state index < -0.39 is 0 Å². The highest BCUT2D eigenvalue weighted by Gasteiger charge is 2.38. The van der Waals surface area contributed by atoms with Gasteiger partial charge < -0.3 is 9.80 Å². The summed E-state index contributed by atoms with van der Waals surface area (Å²) in [6.07, 6.45) is 0. The molecule has 2 aliphatic carbocycles. The lowest BCUT2D eigenvalue weighted by Gasteiger charge is -2.31. The van der Waals surface area contributed by atoms with E-state index in [1.165, 1.54) is 110 Å². The quantitative estimate of drug-likeness (QED) is 0.174. The van der Waals surface area contributed by atoms with E-state index in [1.54, 1.807) is 0 Å². The molecule has 10 rings (SSSR count). The van der Waals surface area contributed by atoms with Crippen molar-refractivity contribution in [3.8, 4) is 22.3 Å². The molecule has 7 aromatic carbocycles. The van der Waals surface area contributed by atoms with E-state index in [1.807, 2.05) is 11.3 Å². The van der Waals surface area contributed by atoms with Crippen molar-refractivity contribution in [1.82, 2.24) is 0 Å². The van der Waals surface area contributed by atoms with Gasteiger partial charge in [0.1, 0.15) is 0 Å². The summed E-state index contributed by atoms with van der Waals surface area (Å²) in [5, 5.41) is 2.66. The zero-order valence-electron chi connectivity index (χ0n) is 33.0. The molecule has 1 heterocycles. The summed E-state index contributed by atoms with van der Waals surface area (Å²) in [6.45, 7) is 16.2. The molecule has 2 nitrogen and oxygen atoms in total. The molecule has 1 aromatic heterocycles. The van der Waals surface area contributed by atoms with E-state index in [0.717, 1.165) is 0 Å². The van der Waals surface area contributed by atoms with Crippen LogP contribution < -0.4 is 9.80 Å². The second kappa shape index (κ2) is 11.9. The van der Waals surface area contributed by atoms with Crippen LogP contribution in [-0.2, 0) is 10.8 Å². The standard InChI is InChI=1S/C52H46N2S/c1-31-14-23-48(33(3)25-31)54(36-16-21-40-38-19-13-32(2)26-44(38)51(4,5)46(40)29-36)37-17-22-41-39-20-15-35(28-45(39)52(6,7)47(41)30-37)53(8)34-18-24-50-43(27-34)42-11-9-10-12-49(42)55-50/h9-30H,1-8H3. The third-order valence-electron chi connectivity index (χ3n) is 12.7. The van der Waals surface area contributed by atoms with Gasteiger partial charge in [-0.3, -0.25) is 0 Å². The van der Waals surface area contributed by atoms with Crippen molar-refractivity contribution in [3.63, 3.8) is 0 Å². The number of rotatable bonds is 5. The first-order chi connectivity index (χ1) is 26.4. The summed E-state index contributed by atoms with van der Waals surface area (Å²) < 4.78 is 2.67. The largest absolute Gasteiger partial charge is 0.345 e. The smallest absolute Gasteiger partial charge is 0.0490 e. The maximum atomic E-state index is 2.49. The topological polar surface area (TPSA) is 6.48 Å². The fraction of sp³-hybridized carbons (Fsp3) is 0.192. The maximum absolute atomic E-state index is 2.49. The highest BCUT2D eigenvalue weighted by atomic mass is 32.1. The maximum Gasteiger partial charge on any atom is 0.0490 e. The highest BCUT2D eigenvalue weighted by Crippen LogP contribution is 2.54. The molecule has 0 saturated heterocycles. The molecule has 0 fully saturated rings. The van der Waals surface area contributed by atoms with Crippen LogP contribution in [0.1, 0.15) is 66.6 Å². The van der Waals surface area contributed by atoms with Crippen molar-refractivity contribution in [2.24, 2.45) is 0 Å². The van der Waals surface area contributed by atoms with E-state index in [0.29, 0.717) is 0 Å². The summed E-state index contributed by atoms with van der Waals surface area (Å²) in [6, 6.07) is 50.8. The molecule has 0 aliphatic heterocycles. The third kappa shape index (κ3) is 5.06. The Bertz CT molecular complexity index is 2890. The fourth-order valence-electron chi connectivity index (χ4n) is 9.59. The molecule has 8 aromatic rings. The molecular weight excluding hydrogens is 685 g/mol. The number of nitrogens with zero attached hydrogens (tertiary/aromatic N) is 2. The number of hydrogen-bond donors (Lipinski definition) is 0. The van der Waals surface area contributed by atoms with E-state index in [9.17, 15) is 0 Å². The van der Waals surface area contributed by atoms with E-state index in [2.05, 4.69) is 199 Å². The lowest BCUT2D eigenvalue weighted by molar-refractivity contribution is 0.659. The Morgan fingerprint density at radius 2 is 0.909 bits per heavy atom. The van der Waals surface area contributed by atoms with Gasteiger partial charge >= 0.3 is 0 Å². The number of aryl methyl sites for hydroxylation is 3. The molecule has 2 aliphatic rings. The molecule has 0 atom stereocenters. The molecule has 0 spiro atoms. The van der Waals surface area contributed by atoms with Gasteiger partial charge in [0.15, 0.2) is 0 Å². The predicted octanol–water partition coefficient (Wildman–Crippen LogP) is 14.8. The van der Waals surface area contributed by atoms with Crippen LogP contribution in [0.2, 0.25) is 0 Å². The van der Waals surface area contributed by atoms with Crippen molar-refractivity contribution in [1.29, 1.82) is 0 Å². The molecular formula is C52H46N2S. The van der Waals surface area contributed by atoms with Gasteiger partial charge in [0, 0.05) is 66.5 Å². The number of hydrogen-bond acceptors (Lipinski definition) is 3. The van der Waals surface area contributed by atoms with Gasteiger partial charge in [0.2, 0.25) is 0 Å². The second-order valence-corrected chi connectivity index (χ2v) is 18.0. The summed E-state index contributed by atoms with van der Waals surface area (Å²) in [5.41, 5.74) is 20.5.